The van der Waals surface area contributed by atoms with Crippen LogP contribution in [0.15, 0.2) is 24.3 Å². The molecule has 0 bridgehead atoms. The molecule has 0 radical (unpaired) electrons. The van der Waals surface area contributed by atoms with Crippen molar-refractivity contribution in [2.75, 3.05) is 13.1 Å². The second-order valence-electron chi connectivity index (χ2n) is 5.80. The molecule has 18 heavy (non-hydrogen) atoms. The van der Waals surface area contributed by atoms with Gasteiger partial charge in [-0.1, -0.05) is 29.8 Å². The van der Waals surface area contributed by atoms with E-state index in [0.29, 0.717) is 5.92 Å². The molecule has 1 aromatic rings. The van der Waals surface area contributed by atoms with Gasteiger partial charge in [-0.25, -0.2) is 0 Å². The third-order valence-corrected chi connectivity index (χ3v) is 4.31. The fourth-order valence-electron chi connectivity index (χ4n) is 2.67. The van der Waals surface area contributed by atoms with E-state index in [1.807, 2.05) is 32.0 Å². The molecule has 1 N–H and O–H groups in total. The van der Waals surface area contributed by atoms with Crippen molar-refractivity contribution in [1.82, 2.24) is 4.90 Å². The molecule has 0 saturated carbocycles. The number of piperidine rings is 1. The zero-order valence-electron chi connectivity index (χ0n) is 11.2. The van der Waals surface area contributed by atoms with Crippen molar-refractivity contribution < 1.29 is 5.11 Å². The van der Waals surface area contributed by atoms with Crippen LogP contribution < -0.4 is 0 Å². The van der Waals surface area contributed by atoms with Crippen molar-refractivity contribution in [3.63, 3.8) is 0 Å². The van der Waals surface area contributed by atoms with Gasteiger partial charge in [-0.2, -0.15) is 0 Å². The summed E-state index contributed by atoms with van der Waals surface area (Å²) in [6, 6.07) is 8.03. The molecule has 1 fully saturated rings. The maximum absolute atomic E-state index is 10.0. The van der Waals surface area contributed by atoms with Gasteiger partial charge in [-0.3, -0.25) is 4.90 Å². The number of rotatable bonds is 3. The van der Waals surface area contributed by atoms with Crippen LogP contribution in [0.4, 0.5) is 0 Å². The lowest BCUT2D eigenvalue weighted by Gasteiger charge is -2.37. The minimum absolute atomic E-state index is 0.417. The summed E-state index contributed by atoms with van der Waals surface area (Å²) >= 11 is 6.18. The number of hydrogen-bond donors (Lipinski definition) is 1. The summed E-state index contributed by atoms with van der Waals surface area (Å²) in [5.74, 6) is 0.417. The summed E-state index contributed by atoms with van der Waals surface area (Å²) < 4.78 is 0. The van der Waals surface area contributed by atoms with Crippen LogP contribution in [-0.2, 0) is 6.54 Å². The molecule has 2 rings (SSSR count). The highest BCUT2D eigenvalue weighted by Gasteiger charge is 2.30. The Morgan fingerprint density at radius 2 is 1.89 bits per heavy atom. The van der Waals surface area contributed by atoms with Gasteiger partial charge in [-0.15, -0.1) is 0 Å². The van der Waals surface area contributed by atoms with E-state index in [9.17, 15) is 5.11 Å². The number of likely N-dealkylation sites (tertiary alicyclic amines) is 1. The first kappa shape index (κ1) is 13.9. The van der Waals surface area contributed by atoms with E-state index < -0.39 is 5.60 Å². The van der Waals surface area contributed by atoms with E-state index in [-0.39, 0.29) is 0 Å². The first-order valence-electron chi connectivity index (χ1n) is 6.65. The zero-order valence-corrected chi connectivity index (χ0v) is 12.0. The molecule has 0 spiro atoms. The van der Waals surface area contributed by atoms with Gasteiger partial charge in [0.15, 0.2) is 0 Å². The van der Waals surface area contributed by atoms with E-state index in [2.05, 4.69) is 11.0 Å². The van der Waals surface area contributed by atoms with Crippen molar-refractivity contribution in [3.8, 4) is 0 Å². The van der Waals surface area contributed by atoms with Gasteiger partial charge < -0.3 is 5.11 Å². The Hall–Kier alpha value is -0.570. The number of aliphatic hydroxyl groups is 1. The van der Waals surface area contributed by atoms with Crippen molar-refractivity contribution in [1.29, 1.82) is 0 Å². The predicted molar refractivity (Wildman–Crippen MR) is 75.8 cm³/mol. The monoisotopic (exact) mass is 267 g/mol. The van der Waals surface area contributed by atoms with Crippen LogP contribution in [-0.4, -0.2) is 28.7 Å². The number of nitrogens with zero attached hydrogens (tertiary/aromatic N) is 1. The average molecular weight is 268 g/mol. The molecule has 1 aromatic carbocycles. The van der Waals surface area contributed by atoms with Gasteiger partial charge in [0, 0.05) is 11.6 Å². The van der Waals surface area contributed by atoms with Gasteiger partial charge in [-0.05, 0) is 57.3 Å². The molecule has 2 nitrogen and oxygen atoms in total. The smallest absolute Gasteiger partial charge is 0.0620 e. The molecular formula is C15H22ClNO. The van der Waals surface area contributed by atoms with Crippen LogP contribution in [0.3, 0.4) is 0 Å². The van der Waals surface area contributed by atoms with E-state index in [1.54, 1.807) is 0 Å². The van der Waals surface area contributed by atoms with Crippen LogP contribution in [0.2, 0.25) is 5.02 Å². The average Bonchev–Trinajstić information content (AvgIpc) is 2.32. The first-order chi connectivity index (χ1) is 8.47. The summed E-state index contributed by atoms with van der Waals surface area (Å²) in [5.41, 5.74) is 0.650. The highest BCUT2D eigenvalue weighted by molar-refractivity contribution is 6.31. The van der Waals surface area contributed by atoms with Crippen molar-refractivity contribution >= 4 is 11.6 Å². The summed E-state index contributed by atoms with van der Waals surface area (Å²) in [6.45, 7) is 6.83. The van der Waals surface area contributed by atoms with Crippen LogP contribution in [0.25, 0.3) is 0 Å². The Labute approximate surface area is 115 Å². The number of halogens is 1. The van der Waals surface area contributed by atoms with Crippen molar-refractivity contribution in [2.24, 2.45) is 5.92 Å². The molecular weight excluding hydrogens is 246 g/mol. The number of hydrogen-bond acceptors (Lipinski definition) is 2. The third kappa shape index (κ3) is 3.47. The minimum Gasteiger partial charge on any atom is -0.390 e. The molecule has 100 valence electrons. The van der Waals surface area contributed by atoms with E-state index in [1.165, 1.54) is 5.56 Å². The minimum atomic E-state index is -0.545. The molecule has 1 heterocycles. The second kappa shape index (κ2) is 5.60. The van der Waals surface area contributed by atoms with Crippen LogP contribution >= 0.6 is 11.6 Å². The Morgan fingerprint density at radius 1 is 1.28 bits per heavy atom. The Bertz CT molecular complexity index is 392. The van der Waals surface area contributed by atoms with Gasteiger partial charge in [0.25, 0.3) is 0 Å². The fourth-order valence-corrected chi connectivity index (χ4v) is 2.86. The Kier molecular flexibility index (Phi) is 4.31. The number of benzene rings is 1. The third-order valence-electron chi connectivity index (χ3n) is 3.94. The highest BCUT2D eigenvalue weighted by atomic mass is 35.5. The van der Waals surface area contributed by atoms with E-state index >= 15 is 0 Å². The van der Waals surface area contributed by atoms with Crippen molar-refractivity contribution in [3.05, 3.63) is 34.9 Å². The van der Waals surface area contributed by atoms with Gasteiger partial charge >= 0.3 is 0 Å². The van der Waals surface area contributed by atoms with Crippen LogP contribution in [0, 0.1) is 5.92 Å². The summed E-state index contributed by atoms with van der Waals surface area (Å²) in [5, 5.41) is 10.9. The molecule has 1 saturated heterocycles. The van der Waals surface area contributed by atoms with Gasteiger partial charge in [0.05, 0.1) is 5.60 Å². The largest absolute Gasteiger partial charge is 0.390 e. The standard InChI is InChI=1S/C15H22ClNO/c1-15(2,18)13-7-9-17(10-8-13)11-12-5-3-4-6-14(12)16/h3-6,13,18H,7-11H2,1-2H3. The van der Waals surface area contributed by atoms with Crippen LogP contribution in [0.5, 0.6) is 0 Å². The molecule has 3 heteroatoms. The van der Waals surface area contributed by atoms with Crippen LogP contribution in [0.1, 0.15) is 32.3 Å². The predicted octanol–water partition coefficient (Wildman–Crippen LogP) is 3.32. The SMILES string of the molecule is CC(C)(O)C1CCN(Cc2ccccc2Cl)CC1. The quantitative estimate of drug-likeness (QED) is 0.908. The van der Waals surface area contributed by atoms with Gasteiger partial charge in [0.1, 0.15) is 0 Å². The maximum Gasteiger partial charge on any atom is 0.0620 e. The highest BCUT2D eigenvalue weighted by Crippen LogP contribution is 2.29. The fraction of sp³-hybridized carbons (Fsp3) is 0.600. The van der Waals surface area contributed by atoms with Crippen molar-refractivity contribution in [2.45, 2.75) is 38.8 Å². The summed E-state index contributed by atoms with van der Waals surface area (Å²) in [4.78, 5) is 2.42. The molecule has 0 aromatic heterocycles. The lowest BCUT2D eigenvalue weighted by Crippen LogP contribution is -2.41. The second-order valence-corrected chi connectivity index (χ2v) is 6.20. The normalized spacial score (nSPS) is 19.1. The molecule has 0 aliphatic carbocycles. The summed E-state index contributed by atoms with van der Waals surface area (Å²) in [6.07, 6.45) is 2.13. The molecule has 0 atom stereocenters. The Balaban J connectivity index is 1.90. The summed E-state index contributed by atoms with van der Waals surface area (Å²) in [7, 11) is 0. The Morgan fingerprint density at radius 3 is 2.44 bits per heavy atom. The van der Waals surface area contributed by atoms with E-state index in [0.717, 1.165) is 37.5 Å². The molecule has 0 amide bonds. The maximum atomic E-state index is 10.0. The zero-order chi connectivity index (χ0) is 13.2. The van der Waals surface area contributed by atoms with E-state index in [4.69, 9.17) is 11.6 Å². The molecule has 1 aliphatic heterocycles. The van der Waals surface area contributed by atoms with Gasteiger partial charge in [0.2, 0.25) is 0 Å². The molecule has 0 unspecified atom stereocenters. The lowest BCUT2D eigenvalue weighted by atomic mass is 9.83. The lowest BCUT2D eigenvalue weighted by molar-refractivity contribution is -0.0136. The topological polar surface area (TPSA) is 23.5 Å². The molecule has 1 aliphatic rings. The first-order valence-corrected chi connectivity index (χ1v) is 7.03.